The zero-order valence-corrected chi connectivity index (χ0v) is 15.7. The van der Waals surface area contributed by atoms with E-state index in [4.69, 9.17) is 0 Å². The number of thiophene rings is 1. The molecule has 2 aromatic heterocycles. The van der Waals surface area contributed by atoms with E-state index in [1.165, 1.54) is 17.8 Å². The first-order valence-corrected chi connectivity index (χ1v) is 9.96. The van der Waals surface area contributed by atoms with Crippen LogP contribution in [0.15, 0.2) is 36.5 Å². The van der Waals surface area contributed by atoms with Crippen molar-refractivity contribution in [2.45, 2.75) is 32.4 Å². The smallest absolute Gasteiger partial charge is 0.264 e. The minimum absolute atomic E-state index is 0.0213. The van der Waals surface area contributed by atoms with Crippen molar-refractivity contribution in [2.24, 2.45) is 5.92 Å². The van der Waals surface area contributed by atoms with Crippen LogP contribution >= 0.6 is 11.3 Å². The van der Waals surface area contributed by atoms with Crippen molar-refractivity contribution in [3.63, 3.8) is 0 Å². The maximum atomic E-state index is 13.0. The third-order valence-electron chi connectivity index (χ3n) is 5.33. The molecule has 5 heterocycles. The van der Waals surface area contributed by atoms with Crippen LogP contribution in [0.2, 0.25) is 0 Å². The number of Topliss-reactive ketones (excluding diaryl/α,β-unsaturated/α-hetero) is 1. The van der Waals surface area contributed by atoms with E-state index in [2.05, 4.69) is 16.0 Å². The second kappa shape index (κ2) is 7.29. The van der Waals surface area contributed by atoms with Gasteiger partial charge in [-0.15, -0.1) is 11.3 Å². The normalized spacial score (nSPS) is 23.0. The van der Waals surface area contributed by atoms with Gasteiger partial charge in [0.25, 0.3) is 5.91 Å². The van der Waals surface area contributed by atoms with Crippen molar-refractivity contribution in [1.29, 1.82) is 0 Å². The van der Waals surface area contributed by atoms with Gasteiger partial charge in [-0.25, -0.2) is 0 Å². The Bertz CT molecular complexity index is 804. The lowest BCUT2D eigenvalue weighted by atomic mass is 9.95. The van der Waals surface area contributed by atoms with Gasteiger partial charge < -0.3 is 4.90 Å². The maximum absolute atomic E-state index is 13.0. The van der Waals surface area contributed by atoms with Crippen molar-refractivity contribution in [1.82, 2.24) is 14.8 Å². The van der Waals surface area contributed by atoms with Crippen LogP contribution in [0.25, 0.3) is 0 Å². The zero-order chi connectivity index (χ0) is 18.1. The van der Waals surface area contributed by atoms with E-state index in [0.29, 0.717) is 15.7 Å². The van der Waals surface area contributed by atoms with Crippen LogP contribution in [0.3, 0.4) is 0 Å². The van der Waals surface area contributed by atoms with E-state index < -0.39 is 0 Å². The van der Waals surface area contributed by atoms with Crippen molar-refractivity contribution in [3.8, 4) is 0 Å². The van der Waals surface area contributed by atoms with Crippen molar-refractivity contribution < 1.29 is 9.59 Å². The molecule has 0 saturated carbocycles. The minimum Gasteiger partial charge on any atom is -0.333 e. The fraction of sp³-hybridized carbons (Fsp3) is 0.450. The Labute approximate surface area is 157 Å². The molecule has 0 spiro atoms. The van der Waals surface area contributed by atoms with E-state index in [0.717, 1.165) is 38.3 Å². The maximum Gasteiger partial charge on any atom is 0.264 e. The van der Waals surface area contributed by atoms with Crippen LogP contribution in [0.1, 0.15) is 44.8 Å². The molecule has 3 aliphatic heterocycles. The molecule has 0 unspecified atom stereocenters. The van der Waals surface area contributed by atoms with Crippen LogP contribution in [-0.2, 0) is 6.54 Å². The SMILES string of the molecule is CC(=O)c1ccc(C(=O)N2C[C@H]3CC[C@@H]2CN(Cc2ccccn2)C3)s1. The standard InChI is InChI=1S/C20H23N3O2S/c1-14(24)18-7-8-19(26-18)20(25)23-11-15-5-6-17(23)13-22(10-15)12-16-4-2-3-9-21-16/h2-4,7-9,15,17H,5-6,10-13H2,1H3/t15-,17+/m0/s1. The number of ketones is 1. The van der Waals surface area contributed by atoms with Crippen molar-refractivity contribution in [2.75, 3.05) is 19.6 Å². The quantitative estimate of drug-likeness (QED) is 0.777. The summed E-state index contributed by atoms with van der Waals surface area (Å²) in [7, 11) is 0. The largest absolute Gasteiger partial charge is 0.333 e. The summed E-state index contributed by atoms with van der Waals surface area (Å²) in [5, 5.41) is 0. The minimum atomic E-state index is 0.0213. The van der Waals surface area contributed by atoms with Gasteiger partial charge in [-0.2, -0.15) is 0 Å². The molecule has 3 saturated heterocycles. The number of fused-ring (bicyclic) bond motifs is 4. The van der Waals surface area contributed by atoms with Gasteiger partial charge in [-0.05, 0) is 49.9 Å². The van der Waals surface area contributed by atoms with Crippen molar-refractivity contribution in [3.05, 3.63) is 52.0 Å². The van der Waals surface area contributed by atoms with E-state index in [1.54, 1.807) is 19.1 Å². The Balaban J connectivity index is 1.49. The molecular weight excluding hydrogens is 346 g/mol. The Kier molecular flexibility index (Phi) is 4.87. The van der Waals surface area contributed by atoms with Gasteiger partial charge in [0, 0.05) is 38.4 Å². The number of piperidine rings is 1. The molecule has 1 amide bonds. The average Bonchev–Trinajstić information content (AvgIpc) is 2.98. The molecule has 0 N–H and O–H groups in total. The lowest BCUT2D eigenvalue weighted by molar-refractivity contribution is 0.0590. The molecule has 136 valence electrons. The number of hydrogen-bond acceptors (Lipinski definition) is 5. The van der Waals surface area contributed by atoms with Gasteiger partial charge in [-0.1, -0.05) is 6.07 Å². The number of aromatic nitrogens is 1. The van der Waals surface area contributed by atoms with Gasteiger partial charge >= 0.3 is 0 Å². The van der Waals surface area contributed by atoms with E-state index >= 15 is 0 Å². The molecule has 0 aromatic carbocycles. The second-order valence-corrected chi connectivity index (χ2v) is 8.37. The van der Waals surface area contributed by atoms with Crippen LogP contribution in [0.5, 0.6) is 0 Å². The fourth-order valence-corrected chi connectivity index (χ4v) is 4.92. The number of carbonyl (C=O) groups is 2. The summed E-state index contributed by atoms with van der Waals surface area (Å²) in [6, 6.07) is 9.83. The van der Waals surface area contributed by atoms with Crippen LogP contribution in [-0.4, -0.2) is 52.2 Å². The van der Waals surface area contributed by atoms with Crippen LogP contribution < -0.4 is 0 Å². The summed E-state index contributed by atoms with van der Waals surface area (Å²) >= 11 is 1.32. The van der Waals surface area contributed by atoms with Gasteiger partial charge in [0.15, 0.2) is 5.78 Å². The van der Waals surface area contributed by atoms with Crippen molar-refractivity contribution >= 4 is 23.0 Å². The molecule has 0 radical (unpaired) electrons. The Hall–Kier alpha value is -2.05. The average molecular weight is 369 g/mol. The summed E-state index contributed by atoms with van der Waals surface area (Å²) in [4.78, 5) is 34.8. The first-order valence-electron chi connectivity index (χ1n) is 9.14. The highest BCUT2D eigenvalue weighted by atomic mass is 32.1. The second-order valence-electron chi connectivity index (χ2n) is 7.29. The van der Waals surface area contributed by atoms with Gasteiger partial charge in [0.1, 0.15) is 0 Å². The van der Waals surface area contributed by atoms with E-state index in [1.807, 2.05) is 23.2 Å². The molecular formula is C20H23N3O2S. The Morgan fingerprint density at radius 2 is 1.96 bits per heavy atom. The Morgan fingerprint density at radius 1 is 1.12 bits per heavy atom. The predicted octanol–water partition coefficient (Wildman–Crippen LogP) is 3.08. The summed E-state index contributed by atoms with van der Waals surface area (Å²) in [5.74, 6) is 0.610. The molecule has 5 rings (SSSR count). The number of amides is 1. The number of rotatable bonds is 4. The molecule has 6 heteroatoms. The van der Waals surface area contributed by atoms with Crippen LogP contribution in [0.4, 0.5) is 0 Å². The summed E-state index contributed by atoms with van der Waals surface area (Å²) in [5.41, 5.74) is 1.08. The molecule has 3 aliphatic rings. The number of nitrogens with zero attached hydrogens (tertiary/aromatic N) is 3. The topological polar surface area (TPSA) is 53.5 Å². The third-order valence-corrected chi connectivity index (χ3v) is 6.50. The molecule has 2 aromatic rings. The molecule has 3 fully saturated rings. The van der Waals surface area contributed by atoms with Gasteiger partial charge in [-0.3, -0.25) is 19.5 Å². The predicted molar refractivity (Wildman–Crippen MR) is 101 cm³/mol. The molecule has 5 nitrogen and oxygen atoms in total. The van der Waals surface area contributed by atoms with E-state index in [9.17, 15) is 9.59 Å². The van der Waals surface area contributed by atoms with E-state index in [-0.39, 0.29) is 17.7 Å². The third kappa shape index (κ3) is 3.57. The molecule has 2 atom stereocenters. The highest BCUT2D eigenvalue weighted by Gasteiger charge is 2.37. The fourth-order valence-electron chi connectivity index (χ4n) is 4.06. The lowest BCUT2D eigenvalue weighted by Gasteiger charge is -2.36. The highest BCUT2D eigenvalue weighted by Crippen LogP contribution is 2.31. The number of pyridine rings is 1. The lowest BCUT2D eigenvalue weighted by Crippen LogP contribution is -2.47. The van der Waals surface area contributed by atoms with Crippen LogP contribution in [0, 0.1) is 5.92 Å². The van der Waals surface area contributed by atoms with Gasteiger partial charge in [0.05, 0.1) is 15.4 Å². The first kappa shape index (κ1) is 17.4. The molecule has 0 aliphatic carbocycles. The summed E-state index contributed by atoms with van der Waals surface area (Å²) in [6.07, 6.45) is 4.07. The molecule has 26 heavy (non-hydrogen) atoms. The Morgan fingerprint density at radius 3 is 2.69 bits per heavy atom. The van der Waals surface area contributed by atoms with Gasteiger partial charge in [0.2, 0.25) is 0 Å². The highest BCUT2D eigenvalue weighted by molar-refractivity contribution is 7.15. The zero-order valence-electron chi connectivity index (χ0n) is 14.9. The monoisotopic (exact) mass is 369 g/mol. The summed E-state index contributed by atoms with van der Waals surface area (Å²) in [6.45, 7) is 5.10. The summed E-state index contributed by atoms with van der Waals surface area (Å²) < 4.78 is 0. The number of hydrogen-bond donors (Lipinski definition) is 0. The molecule has 2 bridgehead atoms. The number of carbonyl (C=O) groups excluding carboxylic acids is 2. The first-order chi connectivity index (χ1) is 12.6.